The van der Waals surface area contributed by atoms with Crippen molar-refractivity contribution in [3.05, 3.63) is 101 Å². The van der Waals surface area contributed by atoms with Gasteiger partial charge in [0.25, 0.3) is 5.91 Å². The van der Waals surface area contributed by atoms with Gasteiger partial charge in [-0.05, 0) is 47.5 Å². The van der Waals surface area contributed by atoms with Crippen LogP contribution in [0.15, 0.2) is 83.8 Å². The fourth-order valence-corrected chi connectivity index (χ4v) is 5.41. The monoisotopic (exact) mass is 496 g/mol. The lowest BCUT2D eigenvalue weighted by Crippen LogP contribution is -2.38. The number of ketones is 1. The molecule has 0 unspecified atom stereocenters. The minimum Gasteiger partial charge on any atom is -0.338 e. The molecule has 0 N–H and O–H groups in total. The maximum absolute atomic E-state index is 13.5. The second-order valence-corrected chi connectivity index (χ2v) is 10.6. The van der Waals surface area contributed by atoms with Crippen molar-refractivity contribution in [2.45, 2.75) is 30.8 Å². The highest BCUT2D eigenvalue weighted by atomic mass is 35.5. The number of amides is 1. The third kappa shape index (κ3) is 5.73. The molecule has 1 amide bonds. The topological polar surface area (TPSA) is 74.8 Å². The maximum atomic E-state index is 13.5. The third-order valence-corrected chi connectivity index (χ3v) is 7.88. The van der Waals surface area contributed by atoms with Gasteiger partial charge < -0.3 is 4.90 Å². The van der Waals surface area contributed by atoms with Gasteiger partial charge in [-0.25, -0.2) is 8.42 Å². The Bertz CT molecular complexity index is 1250. The van der Waals surface area contributed by atoms with Crippen molar-refractivity contribution >= 4 is 33.3 Å². The summed E-state index contributed by atoms with van der Waals surface area (Å²) in [4.78, 5) is 26.0. The SMILES string of the molecule is O=C1CCN(C(=O)c2ccc(CN(Cc3ccccc3)S(=O)(=O)c3ccc(Cl)cc3)cc2)CC1. The van der Waals surface area contributed by atoms with Crippen molar-refractivity contribution in [1.29, 1.82) is 0 Å². The average molecular weight is 497 g/mol. The molecule has 1 fully saturated rings. The predicted octanol–water partition coefficient (Wildman–Crippen LogP) is 4.54. The molecule has 1 heterocycles. The van der Waals surface area contributed by atoms with Gasteiger partial charge in [-0.2, -0.15) is 4.31 Å². The number of carbonyl (C=O) groups is 2. The number of sulfonamides is 1. The van der Waals surface area contributed by atoms with Crippen LogP contribution in [0.4, 0.5) is 0 Å². The minimum absolute atomic E-state index is 0.117. The molecule has 0 spiro atoms. The molecule has 1 saturated heterocycles. The molecule has 8 heteroatoms. The summed E-state index contributed by atoms with van der Waals surface area (Å²) in [6.45, 7) is 1.22. The quantitative estimate of drug-likeness (QED) is 0.481. The first-order chi connectivity index (χ1) is 16.3. The lowest BCUT2D eigenvalue weighted by atomic mass is 10.1. The highest BCUT2D eigenvalue weighted by molar-refractivity contribution is 7.89. The first-order valence-electron chi connectivity index (χ1n) is 11.0. The zero-order chi connectivity index (χ0) is 24.1. The molecule has 0 aliphatic carbocycles. The van der Waals surface area contributed by atoms with E-state index in [1.165, 1.54) is 16.4 Å². The van der Waals surface area contributed by atoms with Gasteiger partial charge in [0.2, 0.25) is 10.0 Å². The Kier molecular flexibility index (Phi) is 7.46. The molecule has 0 saturated carbocycles. The Morgan fingerprint density at radius 2 is 1.38 bits per heavy atom. The Morgan fingerprint density at radius 3 is 1.97 bits per heavy atom. The number of hydrogen-bond donors (Lipinski definition) is 0. The van der Waals surface area contributed by atoms with Gasteiger partial charge in [0.05, 0.1) is 4.90 Å². The molecule has 6 nitrogen and oxygen atoms in total. The molecule has 0 radical (unpaired) electrons. The van der Waals surface area contributed by atoms with E-state index in [1.54, 1.807) is 41.3 Å². The molecule has 1 aliphatic rings. The van der Waals surface area contributed by atoms with E-state index in [0.29, 0.717) is 36.5 Å². The van der Waals surface area contributed by atoms with Gasteiger partial charge in [-0.3, -0.25) is 9.59 Å². The average Bonchev–Trinajstić information content (AvgIpc) is 2.85. The van der Waals surface area contributed by atoms with E-state index in [0.717, 1.165) is 11.1 Å². The van der Waals surface area contributed by atoms with Crippen LogP contribution in [-0.4, -0.2) is 42.4 Å². The molecular formula is C26H25ClN2O4S. The second-order valence-electron chi connectivity index (χ2n) is 8.24. The van der Waals surface area contributed by atoms with Crippen LogP contribution in [0.3, 0.4) is 0 Å². The van der Waals surface area contributed by atoms with Crippen LogP contribution in [0.5, 0.6) is 0 Å². The molecule has 3 aromatic carbocycles. The van der Waals surface area contributed by atoms with Crippen molar-refractivity contribution in [3.8, 4) is 0 Å². The fraction of sp³-hybridized carbons (Fsp3) is 0.231. The molecular weight excluding hydrogens is 472 g/mol. The van der Waals surface area contributed by atoms with Crippen molar-refractivity contribution in [2.75, 3.05) is 13.1 Å². The van der Waals surface area contributed by atoms with Crippen molar-refractivity contribution < 1.29 is 18.0 Å². The van der Waals surface area contributed by atoms with Gasteiger partial charge in [0, 0.05) is 49.6 Å². The maximum Gasteiger partial charge on any atom is 0.253 e. The summed E-state index contributed by atoms with van der Waals surface area (Å²) >= 11 is 5.95. The second kappa shape index (κ2) is 10.5. The number of benzene rings is 3. The zero-order valence-corrected chi connectivity index (χ0v) is 20.1. The predicted molar refractivity (Wildman–Crippen MR) is 131 cm³/mol. The molecule has 0 aromatic heterocycles. The van der Waals surface area contributed by atoms with Gasteiger partial charge in [-0.1, -0.05) is 54.1 Å². The first kappa shape index (κ1) is 24.1. The molecule has 0 bridgehead atoms. The number of piperidine rings is 1. The Hall–Kier alpha value is -3.00. The lowest BCUT2D eigenvalue weighted by Gasteiger charge is -2.26. The van der Waals surface area contributed by atoms with Crippen molar-refractivity contribution in [3.63, 3.8) is 0 Å². The number of nitrogens with zero attached hydrogens (tertiary/aromatic N) is 2. The number of hydrogen-bond acceptors (Lipinski definition) is 4. The number of halogens is 1. The molecule has 4 rings (SSSR count). The van der Waals surface area contributed by atoms with Crippen LogP contribution in [0.1, 0.15) is 34.3 Å². The third-order valence-electron chi connectivity index (χ3n) is 5.82. The summed E-state index contributed by atoms with van der Waals surface area (Å²) in [7, 11) is -3.80. The molecule has 176 valence electrons. The summed E-state index contributed by atoms with van der Waals surface area (Å²) < 4.78 is 28.3. The van der Waals surface area contributed by atoms with Crippen LogP contribution in [0, 0.1) is 0 Å². The minimum atomic E-state index is -3.80. The van der Waals surface area contributed by atoms with Crippen LogP contribution >= 0.6 is 11.6 Å². The van der Waals surface area contributed by atoms with E-state index in [2.05, 4.69) is 0 Å². The molecule has 3 aromatic rings. The van der Waals surface area contributed by atoms with E-state index in [-0.39, 0.29) is 29.7 Å². The Labute approximate surface area is 204 Å². The summed E-state index contributed by atoms with van der Waals surface area (Å²) in [5.41, 5.74) is 2.15. The van der Waals surface area contributed by atoms with E-state index >= 15 is 0 Å². The summed E-state index contributed by atoms with van der Waals surface area (Å²) in [5.74, 6) is 0.0637. The van der Waals surface area contributed by atoms with Crippen LogP contribution < -0.4 is 0 Å². The molecule has 1 aliphatic heterocycles. The normalized spacial score (nSPS) is 14.4. The number of likely N-dealkylation sites (tertiary alicyclic amines) is 1. The standard InChI is InChI=1S/C26H25ClN2O4S/c27-23-10-12-25(13-11-23)34(32,33)29(18-20-4-2-1-3-5-20)19-21-6-8-22(9-7-21)26(31)28-16-14-24(30)15-17-28/h1-13H,14-19H2. The van der Waals surface area contributed by atoms with Gasteiger partial charge in [-0.15, -0.1) is 0 Å². The van der Waals surface area contributed by atoms with E-state index in [1.807, 2.05) is 30.3 Å². The summed E-state index contributed by atoms with van der Waals surface area (Å²) in [6, 6.07) is 22.5. The van der Waals surface area contributed by atoms with Crippen molar-refractivity contribution in [1.82, 2.24) is 9.21 Å². The zero-order valence-electron chi connectivity index (χ0n) is 18.6. The first-order valence-corrected chi connectivity index (χ1v) is 12.8. The largest absolute Gasteiger partial charge is 0.338 e. The van der Waals surface area contributed by atoms with Gasteiger partial charge in [0.1, 0.15) is 5.78 Å². The van der Waals surface area contributed by atoms with Crippen molar-refractivity contribution in [2.24, 2.45) is 0 Å². The van der Waals surface area contributed by atoms with E-state index < -0.39 is 10.0 Å². The van der Waals surface area contributed by atoms with Crippen LogP contribution in [0.25, 0.3) is 0 Å². The molecule has 34 heavy (non-hydrogen) atoms. The van der Waals surface area contributed by atoms with Crippen LogP contribution in [-0.2, 0) is 27.9 Å². The highest BCUT2D eigenvalue weighted by Gasteiger charge is 2.26. The van der Waals surface area contributed by atoms with Gasteiger partial charge in [0.15, 0.2) is 0 Å². The van der Waals surface area contributed by atoms with Crippen LogP contribution in [0.2, 0.25) is 5.02 Å². The van der Waals surface area contributed by atoms with Gasteiger partial charge >= 0.3 is 0 Å². The summed E-state index contributed by atoms with van der Waals surface area (Å²) in [5, 5.41) is 0.465. The fourth-order valence-electron chi connectivity index (χ4n) is 3.87. The molecule has 0 atom stereocenters. The number of Topliss-reactive ketones (excluding diaryl/α,β-unsaturated/α-hetero) is 1. The number of rotatable bonds is 7. The number of carbonyl (C=O) groups excluding carboxylic acids is 2. The summed E-state index contributed by atoms with van der Waals surface area (Å²) in [6.07, 6.45) is 0.779. The van der Waals surface area contributed by atoms with E-state index in [4.69, 9.17) is 11.6 Å². The Morgan fingerprint density at radius 1 is 0.824 bits per heavy atom. The Balaban J connectivity index is 1.55. The lowest BCUT2D eigenvalue weighted by molar-refractivity contribution is -0.120. The van der Waals surface area contributed by atoms with E-state index in [9.17, 15) is 18.0 Å². The highest BCUT2D eigenvalue weighted by Crippen LogP contribution is 2.23. The smallest absolute Gasteiger partial charge is 0.253 e.